The molecule has 0 aromatic rings. The number of fused-ring (bicyclic) bond motifs is 2. The maximum Gasteiger partial charge on any atom is 0.142 e. The molecule has 16 heavy (non-hydrogen) atoms. The summed E-state index contributed by atoms with van der Waals surface area (Å²) in [6.45, 7) is 4.12. The third kappa shape index (κ3) is 1.71. The normalized spacial score (nSPS) is 42.4. The molecule has 2 saturated heterocycles. The van der Waals surface area contributed by atoms with Crippen molar-refractivity contribution >= 4 is 12.1 Å². The van der Waals surface area contributed by atoms with Gasteiger partial charge in [-0.05, 0) is 26.2 Å². The fourth-order valence-electron chi connectivity index (χ4n) is 3.42. The van der Waals surface area contributed by atoms with Crippen molar-refractivity contribution in [1.82, 2.24) is 0 Å². The molecule has 90 valence electrons. The summed E-state index contributed by atoms with van der Waals surface area (Å²) >= 11 is 0. The lowest BCUT2D eigenvalue weighted by Crippen LogP contribution is -2.49. The fourth-order valence-corrected chi connectivity index (χ4v) is 3.42. The number of Topliss-reactive ketones (excluding diaryl/α,β-unsaturated/α-hetero) is 1. The van der Waals surface area contributed by atoms with Gasteiger partial charge in [-0.25, -0.2) is 0 Å². The van der Waals surface area contributed by atoms with Gasteiger partial charge in [0.15, 0.2) is 0 Å². The van der Waals surface area contributed by atoms with Gasteiger partial charge in [-0.2, -0.15) is 0 Å². The van der Waals surface area contributed by atoms with Crippen LogP contribution < -0.4 is 0 Å². The van der Waals surface area contributed by atoms with Crippen molar-refractivity contribution < 1.29 is 14.3 Å². The molecule has 0 amide bonds. The molecule has 3 nitrogen and oxygen atoms in total. The topological polar surface area (TPSA) is 43.4 Å². The molecular weight excluding hydrogens is 204 g/mol. The lowest BCUT2D eigenvalue weighted by molar-refractivity contribution is -0.177. The second kappa shape index (κ2) is 3.95. The first kappa shape index (κ1) is 11.8. The molecule has 0 aromatic heterocycles. The third-order valence-electron chi connectivity index (χ3n) is 4.19. The van der Waals surface area contributed by atoms with E-state index in [0.717, 1.165) is 32.0 Å². The zero-order valence-electron chi connectivity index (χ0n) is 10.1. The minimum Gasteiger partial charge on any atom is -0.368 e. The van der Waals surface area contributed by atoms with Gasteiger partial charge in [-0.3, -0.25) is 4.79 Å². The zero-order chi connectivity index (χ0) is 11.8. The smallest absolute Gasteiger partial charge is 0.142 e. The molecule has 2 aliphatic heterocycles. The molecule has 0 radical (unpaired) electrons. The first-order valence-electron chi connectivity index (χ1n) is 6.22. The Morgan fingerprint density at radius 3 is 2.88 bits per heavy atom. The van der Waals surface area contributed by atoms with Crippen LogP contribution in [0.1, 0.15) is 52.4 Å². The summed E-state index contributed by atoms with van der Waals surface area (Å²) in [5.74, 6) is 0.0179. The van der Waals surface area contributed by atoms with Crippen LogP contribution in [0.5, 0.6) is 0 Å². The molecule has 0 N–H and O–H groups in total. The molecule has 0 aliphatic carbocycles. The number of carbonyl (C=O) groups is 2. The van der Waals surface area contributed by atoms with E-state index in [1.165, 1.54) is 0 Å². The summed E-state index contributed by atoms with van der Waals surface area (Å²) in [4.78, 5) is 22.7. The average Bonchev–Trinajstić information content (AvgIpc) is 2.49. The maximum absolute atomic E-state index is 12.1. The predicted octanol–water partition coefficient (Wildman–Crippen LogP) is 2.27. The van der Waals surface area contributed by atoms with E-state index in [9.17, 15) is 9.59 Å². The first-order chi connectivity index (χ1) is 7.55. The number of ether oxygens (including phenoxy) is 1. The molecule has 2 fully saturated rings. The number of hydrogen-bond donors (Lipinski definition) is 0. The summed E-state index contributed by atoms with van der Waals surface area (Å²) in [7, 11) is 0. The number of rotatable bonds is 4. The quantitative estimate of drug-likeness (QED) is 0.688. The van der Waals surface area contributed by atoms with Crippen LogP contribution >= 0.6 is 0 Å². The van der Waals surface area contributed by atoms with Gasteiger partial charge in [0.25, 0.3) is 0 Å². The Bertz CT molecular complexity index is 312. The molecule has 2 aliphatic rings. The van der Waals surface area contributed by atoms with Crippen molar-refractivity contribution in [1.29, 1.82) is 0 Å². The molecule has 2 rings (SSSR count). The van der Waals surface area contributed by atoms with E-state index in [4.69, 9.17) is 4.74 Å². The van der Waals surface area contributed by atoms with Crippen LogP contribution in [0.3, 0.4) is 0 Å². The highest BCUT2D eigenvalue weighted by molar-refractivity contribution is 5.86. The summed E-state index contributed by atoms with van der Waals surface area (Å²) in [6.07, 6.45) is 5.56. The molecular formula is C13H20O3. The van der Waals surface area contributed by atoms with Gasteiger partial charge in [0.1, 0.15) is 12.1 Å². The summed E-state index contributed by atoms with van der Waals surface area (Å²) in [5.41, 5.74) is -0.592. The van der Waals surface area contributed by atoms with E-state index in [1.54, 1.807) is 0 Å². The van der Waals surface area contributed by atoms with Crippen LogP contribution in [-0.4, -0.2) is 23.3 Å². The lowest BCUT2D eigenvalue weighted by Gasteiger charge is -2.42. The van der Waals surface area contributed by atoms with Crippen LogP contribution in [0, 0.1) is 5.92 Å². The Labute approximate surface area is 96.5 Å². The predicted molar refractivity (Wildman–Crippen MR) is 60.2 cm³/mol. The Kier molecular flexibility index (Phi) is 2.91. The van der Waals surface area contributed by atoms with Crippen molar-refractivity contribution in [2.45, 2.75) is 63.6 Å². The maximum atomic E-state index is 12.1. The van der Waals surface area contributed by atoms with Crippen LogP contribution in [0.2, 0.25) is 0 Å². The minimum absolute atomic E-state index is 0.208. The molecule has 0 saturated carbocycles. The molecule has 0 spiro atoms. The van der Waals surface area contributed by atoms with E-state index < -0.39 is 0 Å². The monoisotopic (exact) mass is 224 g/mol. The summed E-state index contributed by atoms with van der Waals surface area (Å²) in [6, 6.07) is 0. The van der Waals surface area contributed by atoms with Crippen molar-refractivity contribution in [3.05, 3.63) is 0 Å². The van der Waals surface area contributed by atoms with Gasteiger partial charge >= 0.3 is 0 Å². The van der Waals surface area contributed by atoms with Crippen molar-refractivity contribution in [3.8, 4) is 0 Å². The summed E-state index contributed by atoms with van der Waals surface area (Å²) < 4.78 is 6.17. The van der Waals surface area contributed by atoms with Gasteiger partial charge < -0.3 is 9.53 Å². The highest BCUT2D eigenvalue weighted by Gasteiger charge is 2.57. The molecule has 3 heteroatoms. The van der Waals surface area contributed by atoms with Crippen LogP contribution in [-0.2, 0) is 14.3 Å². The Hall–Kier alpha value is -0.700. The van der Waals surface area contributed by atoms with E-state index in [2.05, 4.69) is 6.92 Å². The summed E-state index contributed by atoms with van der Waals surface area (Å²) in [5, 5.41) is 0. The first-order valence-corrected chi connectivity index (χ1v) is 6.22. The molecule has 2 bridgehead atoms. The van der Waals surface area contributed by atoms with Crippen LogP contribution in [0.15, 0.2) is 0 Å². The minimum atomic E-state index is -0.384. The highest BCUT2D eigenvalue weighted by atomic mass is 16.5. The van der Waals surface area contributed by atoms with Gasteiger partial charge in [0.05, 0.1) is 17.1 Å². The standard InChI is InChI=1S/C13H20O3/c1-3-5-13-7-6-12(2,16-13)10(4-8-14)11(15)9-13/h8,10H,3-7,9H2,1-2H3/t10-,12?,13?/m1/s1. The zero-order valence-corrected chi connectivity index (χ0v) is 10.1. The second-order valence-electron chi connectivity index (χ2n) is 5.45. The fraction of sp³-hybridized carbons (Fsp3) is 0.846. The Balaban J connectivity index is 2.22. The van der Waals surface area contributed by atoms with E-state index in [-0.39, 0.29) is 22.9 Å². The molecule has 2 unspecified atom stereocenters. The van der Waals surface area contributed by atoms with Crippen molar-refractivity contribution in [2.75, 3.05) is 0 Å². The average molecular weight is 224 g/mol. The highest BCUT2D eigenvalue weighted by Crippen LogP contribution is 2.51. The van der Waals surface area contributed by atoms with Crippen LogP contribution in [0.25, 0.3) is 0 Å². The largest absolute Gasteiger partial charge is 0.368 e. The van der Waals surface area contributed by atoms with E-state index in [0.29, 0.717) is 12.8 Å². The van der Waals surface area contributed by atoms with Gasteiger partial charge in [0.2, 0.25) is 0 Å². The lowest BCUT2D eigenvalue weighted by atomic mass is 9.79. The molecule has 3 atom stereocenters. The second-order valence-corrected chi connectivity index (χ2v) is 5.45. The van der Waals surface area contributed by atoms with Gasteiger partial charge in [-0.1, -0.05) is 13.3 Å². The van der Waals surface area contributed by atoms with Gasteiger partial charge in [0, 0.05) is 12.8 Å². The molecule has 0 aromatic carbocycles. The Morgan fingerprint density at radius 1 is 1.50 bits per heavy atom. The van der Waals surface area contributed by atoms with Crippen LogP contribution in [0.4, 0.5) is 0 Å². The Morgan fingerprint density at radius 2 is 2.25 bits per heavy atom. The van der Waals surface area contributed by atoms with Crippen molar-refractivity contribution in [3.63, 3.8) is 0 Å². The number of hydrogen-bond acceptors (Lipinski definition) is 3. The van der Waals surface area contributed by atoms with E-state index in [1.807, 2.05) is 6.92 Å². The van der Waals surface area contributed by atoms with E-state index >= 15 is 0 Å². The number of carbonyl (C=O) groups excluding carboxylic acids is 2. The number of aldehydes is 1. The molecule has 2 heterocycles. The van der Waals surface area contributed by atoms with Gasteiger partial charge in [-0.15, -0.1) is 0 Å². The van der Waals surface area contributed by atoms with Crippen molar-refractivity contribution in [2.24, 2.45) is 5.92 Å². The SMILES string of the molecule is CCCC12CCC(C)(O1)[C@H](CC=O)C(=O)C2. The number of ketones is 1. The third-order valence-corrected chi connectivity index (χ3v) is 4.19.